The molecule has 2 aromatic carbocycles. The number of rotatable bonds is 4. The number of fused-ring (bicyclic) bond motifs is 1. The van der Waals surface area contributed by atoms with Gasteiger partial charge in [0, 0.05) is 13.1 Å². The molecular formula is C21H22N2O6. The highest BCUT2D eigenvalue weighted by atomic mass is 16.7. The van der Waals surface area contributed by atoms with E-state index in [0.717, 1.165) is 11.1 Å². The van der Waals surface area contributed by atoms with Gasteiger partial charge in [0.2, 0.25) is 12.7 Å². The first kappa shape index (κ1) is 19.1. The molecule has 0 aliphatic carbocycles. The summed E-state index contributed by atoms with van der Waals surface area (Å²) in [6.07, 6.45) is -1.48. The molecule has 1 atom stereocenters. The molecule has 8 heteroatoms. The number of amides is 2. The maximum Gasteiger partial charge on any atom is 0.410 e. The van der Waals surface area contributed by atoms with Gasteiger partial charge in [-0.15, -0.1) is 0 Å². The van der Waals surface area contributed by atoms with Crippen molar-refractivity contribution in [3.8, 4) is 11.5 Å². The number of hydrogen-bond acceptors (Lipinski definition) is 6. The molecule has 1 unspecified atom stereocenters. The fourth-order valence-corrected chi connectivity index (χ4v) is 3.36. The van der Waals surface area contributed by atoms with E-state index in [1.807, 2.05) is 42.5 Å². The minimum atomic E-state index is -0.861. The second-order valence-electron chi connectivity index (χ2n) is 7.04. The van der Waals surface area contributed by atoms with Gasteiger partial charge in [-0.05, 0) is 23.3 Å². The molecule has 29 heavy (non-hydrogen) atoms. The average Bonchev–Trinajstić information content (AvgIpc) is 3.14. The summed E-state index contributed by atoms with van der Waals surface area (Å²) in [5, 5.41) is 10.3. The van der Waals surface area contributed by atoms with Crippen molar-refractivity contribution in [1.82, 2.24) is 9.80 Å². The Bertz CT molecular complexity index is 888. The Morgan fingerprint density at radius 3 is 2.69 bits per heavy atom. The number of carbonyl (C=O) groups is 2. The van der Waals surface area contributed by atoms with Gasteiger partial charge in [-0.1, -0.05) is 36.4 Å². The molecule has 8 nitrogen and oxygen atoms in total. The van der Waals surface area contributed by atoms with E-state index >= 15 is 0 Å². The Balaban J connectivity index is 1.38. The van der Waals surface area contributed by atoms with Crippen LogP contribution in [0.1, 0.15) is 11.1 Å². The lowest BCUT2D eigenvalue weighted by molar-refractivity contribution is -0.132. The SMILES string of the molecule is O=C1CN(C(=O)OCc2ccccc2)CC(O)CN1Cc1ccc2c(c1)OCO2. The van der Waals surface area contributed by atoms with E-state index in [4.69, 9.17) is 14.2 Å². The van der Waals surface area contributed by atoms with Crippen LogP contribution in [-0.4, -0.2) is 59.4 Å². The Labute approximate surface area is 168 Å². The number of ether oxygens (including phenoxy) is 3. The number of benzene rings is 2. The predicted octanol–water partition coefficient (Wildman–Crippen LogP) is 1.76. The Morgan fingerprint density at radius 1 is 1.07 bits per heavy atom. The van der Waals surface area contributed by atoms with Crippen molar-refractivity contribution in [2.75, 3.05) is 26.4 Å². The van der Waals surface area contributed by atoms with Crippen LogP contribution in [0.3, 0.4) is 0 Å². The third-order valence-electron chi connectivity index (χ3n) is 4.81. The van der Waals surface area contributed by atoms with Crippen LogP contribution < -0.4 is 9.47 Å². The van der Waals surface area contributed by atoms with E-state index in [9.17, 15) is 14.7 Å². The average molecular weight is 398 g/mol. The highest BCUT2D eigenvalue weighted by Crippen LogP contribution is 2.32. The highest BCUT2D eigenvalue weighted by molar-refractivity contribution is 5.83. The van der Waals surface area contributed by atoms with Gasteiger partial charge in [0.15, 0.2) is 11.5 Å². The number of aliphatic hydroxyl groups is 1. The van der Waals surface area contributed by atoms with Crippen molar-refractivity contribution < 1.29 is 28.9 Å². The van der Waals surface area contributed by atoms with Crippen LogP contribution in [-0.2, 0) is 22.7 Å². The molecule has 1 fully saturated rings. The lowest BCUT2D eigenvalue weighted by Gasteiger charge is -2.22. The molecule has 1 saturated heterocycles. The van der Waals surface area contributed by atoms with Crippen molar-refractivity contribution in [3.63, 3.8) is 0 Å². The Morgan fingerprint density at radius 2 is 1.86 bits per heavy atom. The number of hydrogen-bond donors (Lipinski definition) is 1. The number of aliphatic hydroxyl groups excluding tert-OH is 1. The van der Waals surface area contributed by atoms with E-state index in [1.165, 1.54) is 9.80 Å². The largest absolute Gasteiger partial charge is 0.454 e. The summed E-state index contributed by atoms with van der Waals surface area (Å²) in [6, 6.07) is 14.8. The molecule has 1 N–H and O–H groups in total. The van der Waals surface area contributed by atoms with Crippen LogP contribution >= 0.6 is 0 Å². The van der Waals surface area contributed by atoms with Crippen LogP contribution in [0.25, 0.3) is 0 Å². The molecule has 2 heterocycles. The first-order valence-electron chi connectivity index (χ1n) is 9.38. The molecule has 0 saturated carbocycles. The van der Waals surface area contributed by atoms with Gasteiger partial charge < -0.3 is 24.2 Å². The number of nitrogens with zero attached hydrogens (tertiary/aromatic N) is 2. The molecule has 152 valence electrons. The zero-order valence-corrected chi connectivity index (χ0v) is 15.8. The quantitative estimate of drug-likeness (QED) is 0.844. The maximum absolute atomic E-state index is 12.7. The second kappa shape index (κ2) is 8.40. The van der Waals surface area contributed by atoms with Crippen LogP contribution in [0.2, 0.25) is 0 Å². The standard InChI is InChI=1S/C21H22N2O6/c24-17-10-22(9-16-6-7-18-19(8-16)29-14-28-18)20(25)12-23(11-17)21(26)27-13-15-4-2-1-3-5-15/h1-8,17,24H,9-14H2. The Kier molecular flexibility index (Phi) is 5.53. The van der Waals surface area contributed by atoms with Gasteiger partial charge in [0.25, 0.3) is 0 Å². The van der Waals surface area contributed by atoms with Gasteiger partial charge in [0.1, 0.15) is 13.2 Å². The first-order valence-corrected chi connectivity index (χ1v) is 9.38. The lowest BCUT2D eigenvalue weighted by Crippen LogP contribution is -2.39. The summed E-state index contributed by atoms with van der Waals surface area (Å²) in [5.74, 6) is 1.05. The van der Waals surface area contributed by atoms with Crippen molar-refractivity contribution in [3.05, 3.63) is 59.7 Å². The van der Waals surface area contributed by atoms with Crippen LogP contribution in [0.4, 0.5) is 4.79 Å². The number of β-amino-alcohol motifs (C(OH)–C–C–N with tert-alkyl or cyclic N) is 1. The van der Waals surface area contributed by atoms with Crippen molar-refractivity contribution in [1.29, 1.82) is 0 Å². The summed E-state index contributed by atoms with van der Waals surface area (Å²) in [6.45, 7) is 0.628. The van der Waals surface area contributed by atoms with Crippen LogP contribution in [0, 0.1) is 0 Å². The summed E-state index contributed by atoms with van der Waals surface area (Å²) in [7, 11) is 0. The molecule has 4 rings (SSSR count). The summed E-state index contributed by atoms with van der Waals surface area (Å²) < 4.78 is 16.0. The fourth-order valence-electron chi connectivity index (χ4n) is 3.36. The van der Waals surface area contributed by atoms with Gasteiger partial charge in [-0.3, -0.25) is 9.69 Å². The third-order valence-corrected chi connectivity index (χ3v) is 4.81. The molecule has 2 aromatic rings. The molecule has 0 spiro atoms. The fraction of sp³-hybridized carbons (Fsp3) is 0.333. The monoisotopic (exact) mass is 398 g/mol. The van der Waals surface area contributed by atoms with E-state index < -0.39 is 12.2 Å². The van der Waals surface area contributed by atoms with Gasteiger partial charge in [-0.2, -0.15) is 0 Å². The van der Waals surface area contributed by atoms with Crippen molar-refractivity contribution in [2.24, 2.45) is 0 Å². The smallest absolute Gasteiger partial charge is 0.410 e. The van der Waals surface area contributed by atoms with Crippen LogP contribution in [0.15, 0.2) is 48.5 Å². The third kappa shape index (κ3) is 4.60. The van der Waals surface area contributed by atoms with Crippen molar-refractivity contribution in [2.45, 2.75) is 19.3 Å². The minimum absolute atomic E-state index is 0.0387. The molecular weight excluding hydrogens is 376 g/mol. The van der Waals surface area contributed by atoms with Gasteiger partial charge in [0.05, 0.1) is 12.6 Å². The number of carbonyl (C=O) groups excluding carboxylic acids is 2. The van der Waals surface area contributed by atoms with Crippen molar-refractivity contribution >= 4 is 12.0 Å². The van der Waals surface area contributed by atoms with E-state index in [0.29, 0.717) is 18.0 Å². The minimum Gasteiger partial charge on any atom is -0.454 e. The normalized spacial score (nSPS) is 18.5. The molecule has 2 aliphatic rings. The molecule has 2 aliphatic heterocycles. The predicted molar refractivity (Wildman–Crippen MR) is 102 cm³/mol. The molecule has 0 aromatic heterocycles. The summed E-state index contributed by atoms with van der Waals surface area (Å²) in [5.41, 5.74) is 1.71. The topological polar surface area (TPSA) is 88.5 Å². The van der Waals surface area contributed by atoms with Crippen LogP contribution in [0.5, 0.6) is 11.5 Å². The molecule has 2 amide bonds. The maximum atomic E-state index is 12.7. The molecule has 0 radical (unpaired) electrons. The highest BCUT2D eigenvalue weighted by Gasteiger charge is 2.30. The first-order chi connectivity index (χ1) is 14.1. The second-order valence-corrected chi connectivity index (χ2v) is 7.04. The zero-order chi connectivity index (χ0) is 20.2. The van der Waals surface area contributed by atoms with E-state index in [2.05, 4.69) is 0 Å². The lowest BCUT2D eigenvalue weighted by atomic mass is 10.2. The van der Waals surface area contributed by atoms with E-state index in [1.54, 1.807) is 6.07 Å². The van der Waals surface area contributed by atoms with E-state index in [-0.39, 0.29) is 38.9 Å². The molecule has 0 bridgehead atoms. The Hall–Kier alpha value is -3.26. The van der Waals surface area contributed by atoms with Gasteiger partial charge in [-0.25, -0.2) is 4.79 Å². The summed E-state index contributed by atoms with van der Waals surface area (Å²) >= 11 is 0. The zero-order valence-electron chi connectivity index (χ0n) is 15.8. The summed E-state index contributed by atoms with van der Waals surface area (Å²) in [4.78, 5) is 27.9. The van der Waals surface area contributed by atoms with Gasteiger partial charge >= 0.3 is 6.09 Å².